The Morgan fingerprint density at radius 3 is 2.69 bits per heavy atom. The second kappa shape index (κ2) is 10.7. The van der Waals surface area contributed by atoms with Crippen molar-refractivity contribution in [1.82, 2.24) is 29.0 Å². The summed E-state index contributed by atoms with van der Waals surface area (Å²) in [4.78, 5) is 23.5. The Kier molecular flexibility index (Phi) is 7.35. The predicted octanol–water partition coefficient (Wildman–Crippen LogP) is 2.22. The van der Waals surface area contributed by atoms with Gasteiger partial charge in [0.05, 0.1) is 36.2 Å². The van der Waals surface area contributed by atoms with Crippen molar-refractivity contribution < 1.29 is 17.9 Å². The molecule has 1 N–H and O–H groups in total. The number of benzene rings is 1. The van der Waals surface area contributed by atoms with Crippen LogP contribution in [0.25, 0.3) is 11.3 Å². The number of rotatable bonds is 9. The molecule has 204 valence electrons. The van der Waals surface area contributed by atoms with Gasteiger partial charge in [-0.2, -0.15) is 14.7 Å². The number of hydrogen-bond acceptors (Lipinski definition) is 9. The van der Waals surface area contributed by atoms with Crippen molar-refractivity contribution in [2.45, 2.75) is 31.4 Å². The molecule has 5 rings (SSSR count). The Morgan fingerprint density at radius 1 is 1.26 bits per heavy atom. The van der Waals surface area contributed by atoms with Crippen LogP contribution in [0.3, 0.4) is 0 Å². The second-order valence-electron chi connectivity index (χ2n) is 9.77. The molecule has 1 unspecified atom stereocenters. The maximum atomic E-state index is 12.8. The molecule has 1 atom stereocenters. The first kappa shape index (κ1) is 26.7. The van der Waals surface area contributed by atoms with Gasteiger partial charge in [-0.3, -0.25) is 9.48 Å². The molecule has 2 fully saturated rings. The summed E-state index contributed by atoms with van der Waals surface area (Å²) in [6.45, 7) is 3.30. The van der Waals surface area contributed by atoms with Crippen LogP contribution in [-0.4, -0.2) is 88.4 Å². The number of carbonyl (C=O) groups is 1. The fourth-order valence-corrected chi connectivity index (χ4v) is 6.12. The summed E-state index contributed by atoms with van der Waals surface area (Å²) in [5.74, 6) is 0.369. The largest absolute Gasteiger partial charge is 0.380 e. The summed E-state index contributed by atoms with van der Waals surface area (Å²) in [6, 6.07) is 11.1. The molecular formula is C26H30N8O4S. The zero-order valence-corrected chi connectivity index (χ0v) is 22.6. The Balaban J connectivity index is 1.27. The van der Waals surface area contributed by atoms with E-state index in [1.54, 1.807) is 60.4 Å². The first-order chi connectivity index (χ1) is 18.8. The van der Waals surface area contributed by atoms with Crippen LogP contribution in [-0.2, 0) is 20.3 Å². The fraction of sp³-hybridized carbons (Fsp3) is 0.423. The zero-order chi connectivity index (χ0) is 27.6. The number of methoxy groups -OCH3 is 1. The number of amides is 1. The maximum absolute atomic E-state index is 12.8. The highest BCUT2D eigenvalue weighted by molar-refractivity contribution is 7.89. The Morgan fingerprint density at radius 2 is 2.03 bits per heavy atom. The third-order valence-electron chi connectivity index (χ3n) is 7.28. The highest BCUT2D eigenvalue weighted by atomic mass is 32.2. The van der Waals surface area contributed by atoms with Crippen molar-refractivity contribution in [3.8, 4) is 17.3 Å². The number of ether oxygens (including phenoxy) is 1. The van der Waals surface area contributed by atoms with Crippen LogP contribution in [0.5, 0.6) is 0 Å². The van der Waals surface area contributed by atoms with E-state index in [2.05, 4.69) is 26.5 Å². The molecule has 12 nitrogen and oxygen atoms in total. The third-order valence-corrected chi connectivity index (χ3v) is 9.06. The highest BCUT2D eigenvalue weighted by Crippen LogP contribution is 2.35. The molecule has 2 aromatic heterocycles. The van der Waals surface area contributed by atoms with Gasteiger partial charge < -0.3 is 15.0 Å². The van der Waals surface area contributed by atoms with Gasteiger partial charge >= 0.3 is 0 Å². The molecule has 1 amide bonds. The van der Waals surface area contributed by atoms with Crippen molar-refractivity contribution in [3.63, 3.8) is 0 Å². The molecule has 0 saturated carbocycles. The van der Waals surface area contributed by atoms with Crippen LogP contribution in [0.1, 0.15) is 30.1 Å². The van der Waals surface area contributed by atoms with Gasteiger partial charge in [0.2, 0.25) is 16.0 Å². The van der Waals surface area contributed by atoms with Crippen LogP contribution in [0, 0.1) is 11.3 Å². The second-order valence-corrected chi connectivity index (χ2v) is 12.0. The lowest BCUT2D eigenvalue weighted by Gasteiger charge is -2.47. The van der Waals surface area contributed by atoms with Crippen molar-refractivity contribution in [3.05, 3.63) is 54.5 Å². The number of nitrogens with zero attached hydrogens (tertiary/aromatic N) is 7. The van der Waals surface area contributed by atoms with Gasteiger partial charge in [0.15, 0.2) is 0 Å². The first-order valence-electron chi connectivity index (χ1n) is 12.7. The molecule has 13 heteroatoms. The summed E-state index contributed by atoms with van der Waals surface area (Å²) in [7, 11) is -1.66. The van der Waals surface area contributed by atoms with Crippen molar-refractivity contribution >= 4 is 27.6 Å². The molecule has 2 aliphatic rings. The first-order valence-corrected chi connectivity index (χ1v) is 14.3. The fourth-order valence-electron chi connectivity index (χ4n) is 4.88. The Hall–Kier alpha value is -3.86. The van der Waals surface area contributed by atoms with E-state index in [1.807, 2.05) is 12.1 Å². The molecule has 4 heterocycles. The summed E-state index contributed by atoms with van der Waals surface area (Å²) >= 11 is 0. The van der Waals surface area contributed by atoms with E-state index in [1.165, 1.54) is 4.31 Å². The van der Waals surface area contributed by atoms with Gasteiger partial charge in [0, 0.05) is 62.5 Å². The average Bonchev–Trinajstić information content (AvgIpc) is 3.61. The van der Waals surface area contributed by atoms with Gasteiger partial charge in [-0.1, -0.05) is 0 Å². The number of nitrogens with one attached hydrogen (secondary N) is 1. The van der Waals surface area contributed by atoms with Crippen molar-refractivity contribution in [2.24, 2.45) is 0 Å². The molecule has 0 bridgehead atoms. The molecule has 0 spiro atoms. The summed E-state index contributed by atoms with van der Waals surface area (Å²) in [5, 5.41) is 17.0. The Bertz CT molecular complexity index is 1490. The number of nitriles is 1. The van der Waals surface area contributed by atoms with Crippen LogP contribution >= 0.6 is 0 Å². The normalized spacial score (nSPS) is 18.9. The number of sulfonamides is 1. The molecule has 39 heavy (non-hydrogen) atoms. The van der Waals surface area contributed by atoms with Gasteiger partial charge in [-0.15, -0.1) is 0 Å². The molecule has 2 aliphatic heterocycles. The SMILES string of the molecule is CCS(=O)(=O)N1CC(CC#N)(n2cc(-c3ccnc(Nc4ccc(C(=O)N5CCC(OC)C5)cc4)n3)cn2)C1. The predicted molar refractivity (Wildman–Crippen MR) is 144 cm³/mol. The average molecular weight is 551 g/mol. The molecule has 0 aliphatic carbocycles. The standard InChI is InChI=1S/C26H30N8O4S/c1-3-39(36,37)33-17-26(18-33,10-11-27)34-15-20(14-29-34)23-8-12-28-25(31-23)30-21-6-4-19(5-7-21)24(35)32-13-9-22(16-32)38-2/h4-8,12,14-15,22H,3,9-10,13,16-18H2,1-2H3,(H,28,30,31). The molecule has 3 aromatic rings. The van der Waals surface area contributed by atoms with Crippen LogP contribution < -0.4 is 5.32 Å². The van der Waals surface area contributed by atoms with Crippen LogP contribution in [0.2, 0.25) is 0 Å². The van der Waals surface area contributed by atoms with E-state index in [0.29, 0.717) is 30.3 Å². The number of hydrogen-bond donors (Lipinski definition) is 1. The monoisotopic (exact) mass is 550 g/mol. The van der Waals surface area contributed by atoms with E-state index < -0.39 is 15.6 Å². The van der Waals surface area contributed by atoms with Gasteiger partial charge in [0.1, 0.15) is 5.54 Å². The number of likely N-dealkylation sites (tertiary alicyclic amines) is 1. The molecular weight excluding hydrogens is 520 g/mol. The summed E-state index contributed by atoms with van der Waals surface area (Å²) in [5.41, 5.74) is 1.97. The highest BCUT2D eigenvalue weighted by Gasteiger charge is 2.49. The smallest absolute Gasteiger partial charge is 0.253 e. The lowest BCUT2D eigenvalue weighted by molar-refractivity contribution is 0.0719. The molecule has 0 radical (unpaired) electrons. The quantitative estimate of drug-likeness (QED) is 0.424. The Labute approximate surface area is 227 Å². The maximum Gasteiger partial charge on any atom is 0.253 e. The minimum absolute atomic E-state index is 0.0169. The van der Waals surface area contributed by atoms with E-state index in [-0.39, 0.29) is 37.3 Å². The summed E-state index contributed by atoms with van der Waals surface area (Å²) in [6.07, 6.45) is 6.13. The van der Waals surface area contributed by atoms with Crippen molar-refractivity contribution in [2.75, 3.05) is 44.4 Å². The van der Waals surface area contributed by atoms with Gasteiger partial charge in [0.25, 0.3) is 5.91 Å². The van der Waals surface area contributed by atoms with Crippen LogP contribution in [0.15, 0.2) is 48.9 Å². The lowest BCUT2D eigenvalue weighted by atomic mass is 9.89. The van der Waals surface area contributed by atoms with E-state index in [9.17, 15) is 18.5 Å². The number of aromatic nitrogens is 4. The number of anilines is 2. The van der Waals surface area contributed by atoms with Crippen LogP contribution in [0.4, 0.5) is 11.6 Å². The molecule has 1 aromatic carbocycles. The third kappa shape index (κ3) is 5.36. The number of carbonyl (C=O) groups excluding carboxylic acids is 1. The van der Waals surface area contributed by atoms with E-state index in [4.69, 9.17) is 4.74 Å². The van der Waals surface area contributed by atoms with Gasteiger partial charge in [-0.25, -0.2) is 18.4 Å². The topological polar surface area (TPSA) is 146 Å². The lowest BCUT2D eigenvalue weighted by Crippen LogP contribution is -2.64. The zero-order valence-electron chi connectivity index (χ0n) is 21.8. The minimum atomic E-state index is -3.33. The van der Waals surface area contributed by atoms with E-state index in [0.717, 1.165) is 17.7 Å². The molecule has 2 saturated heterocycles. The minimum Gasteiger partial charge on any atom is -0.380 e. The van der Waals surface area contributed by atoms with Crippen molar-refractivity contribution in [1.29, 1.82) is 5.26 Å². The summed E-state index contributed by atoms with van der Waals surface area (Å²) < 4.78 is 32.9. The van der Waals surface area contributed by atoms with E-state index >= 15 is 0 Å². The van der Waals surface area contributed by atoms with Gasteiger partial charge in [-0.05, 0) is 43.7 Å².